The fraction of sp³-hybridized carbons (Fsp3) is 0.556. The molecule has 1 heterocycles. The molecule has 2 aromatic rings. The molecule has 0 aliphatic heterocycles. The molecular weight excluding hydrogens is 244 g/mol. The number of benzene rings is 1. The van der Waals surface area contributed by atoms with Gasteiger partial charge in [-0.15, -0.1) is 0 Å². The molecule has 0 unspecified atom stereocenters. The smallest absolute Gasteiger partial charge is 0.0483 e. The molecule has 1 N–H and O–H groups in total. The molecule has 0 aliphatic carbocycles. The summed E-state index contributed by atoms with van der Waals surface area (Å²) in [6.07, 6.45) is 4.76. The first-order valence-electron chi connectivity index (χ1n) is 7.95. The van der Waals surface area contributed by atoms with Gasteiger partial charge >= 0.3 is 0 Å². The summed E-state index contributed by atoms with van der Waals surface area (Å²) in [6.45, 7) is 11.0. The topological polar surface area (TPSA) is 17.0 Å². The molecule has 0 spiro atoms. The summed E-state index contributed by atoms with van der Waals surface area (Å²) < 4.78 is 2.42. The van der Waals surface area contributed by atoms with Crippen LogP contribution in [-0.2, 0) is 13.1 Å². The van der Waals surface area contributed by atoms with Crippen LogP contribution in [-0.4, -0.2) is 10.6 Å². The minimum Gasteiger partial charge on any atom is -0.347 e. The van der Waals surface area contributed by atoms with Gasteiger partial charge in [-0.05, 0) is 23.6 Å². The third-order valence-electron chi connectivity index (χ3n) is 4.21. The summed E-state index contributed by atoms with van der Waals surface area (Å²) in [5, 5.41) is 4.91. The van der Waals surface area contributed by atoms with E-state index in [1.807, 2.05) is 0 Å². The highest BCUT2D eigenvalue weighted by atomic mass is 15.0. The normalized spacial score (nSPS) is 11.9. The first-order valence-corrected chi connectivity index (χ1v) is 7.95. The number of hydrogen-bond donors (Lipinski definition) is 1. The van der Waals surface area contributed by atoms with Crippen molar-refractivity contribution in [1.82, 2.24) is 9.88 Å². The second-order valence-corrected chi connectivity index (χ2v) is 6.04. The number of fused-ring (bicyclic) bond motifs is 1. The summed E-state index contributed by atoms with van der Waals surface area (Å²) in [7, 11) is 0. The van der Waals surface area contributed by atoms with E-state index >= 15 is 0 Å². The lowest BCUT2D eigenvalue weighted by molar-refractivity contribution is 0.425. The Labute approximate surface area is 123 Å². The van der Waals surface area contributed by atoms with Crippen molar-refractivity contribution in [3.8, 4) is 0 Å². The van der Waals surface area contributed by atoms with Gasteiger partial charge in [-0.25, -0.2) is 0 Å². The van der Waals surface area contributed by atoms with Gasteiger partial charge in [-0.1, -0.05) is 52.7 Å². The van der Waals surface area contributed by atoms with E-state index in [1.54, 1.807) is 0 Å². The van der Waals surface area contributed by atoms with Crippen molar-refractivity contribution in [3.05, 3.63) is 36.0 Å². The maximum atomic E-state index is 3.52. The van der Waals surface area contributed by atoms with Crippen molar-refractivity contribution < 1.29 is 0 Å². The predicted octanol–water partition coefficient (Wildman–Crippen LogP) is 4.58. The number of nitrogens with zero attached hydrogens (tertiary/aromatic N) is 1. The molecule has 2 heteroatoms. The average Bonchev–Trinajstić information content (AvgIpc) is 2.86. The monoisotopic (exact) mass is 272 g/mol. The predicted molar refractivity (Wildman–Crippen MR) is 88.0 cm³/mol. The number of hydrogen-bond acceptors (Lipinski definition) is 1. The molecule has 0 fully saturated rings. The highest BCUT2D eigenvalue weighted by molar-refractivity contribution is 5.83. The second kappa shape index (κ2) is 6.94. The molecule has 0 bridgehead atoms. The van der Waals surface area contributed by atoms with Crippen LogP contribution < -0.4 is 5.32 Å². The standard InChI is InChI=1S/C18H28N2/c1-5-15(6-2)13-20-11-10-17-16(12-19-14(3)4)8-7-9-18(17)20/h7-11,14-15,19H,5-6,12-13H2,1-4H3. The van der Waals surface area contributed by atoms with Crippen LogP contribution in [0.4, 0.5) is 0 Å². The van der Waals surface area contributed by atoms with E-state index in [9.17, 15) is 0 Å². The van der Waals surface area contributed by atoms with E-state index in [2.05, 4.69) is 68.0 Å². The lowest BCUT2D eigenvalue weighted by Crippen LogP contribution is -2.21. The number of rotatable bonds is 7. The molecule has 0 amide bonds. The molecule has 2 rings (SSSR count). The van der Waals surface area contributed by atoms with E-state index in [1.165, 1.54) is 29.3 Å². The zero-order chi connectivity index (χ0) is 14.5. The van der Waals surface area contributed by atoms with E-state index in [0.717, 1.165) is 19.0 Å². The van der Waals surface area contributed by atoms with Gasteiger partial charge in [0.2, 0.25) is 0 Å². The lowest BCUT2D eigenvalue weighted by Gasteiger charge is -2.15. The molecule has 1 aromatic carbocycles. The highest BCUT2D eigenvalue weighted by Gasteiger charge is 2.09. The van der Waals surface area contributed by atoms with Crippen LogP contribution in [0.15, 0.2) is 30.5 Å². The van der Waals surface area contributed by atoms with Crippen LogP contribution >= 0.6 is 0 Å². The fourth-order valence-electron chi connectivity index (χ4n) is 2.74. The molecule has 0 aliphatic rings. The quantitative estimate of drug-likeness (QED) is 0.781. The highest BCUT2D eigenvalue weighted by Crippen LogP contribution is 2.22. The van der Waals surface area contributed by atoms with E-state index in [0.29, 0.717) is 6.04 Å². The van der Waals surface area contributed by atoms with Gasteiger partial charge in [0, 0.05) is 36.2 Å². The average molecular weight is 272 g/mol. The van der Waals surface area contributed by atoms with E-state index in [4.69, 9.17) is 0 Å². The Balaban J connectivity index is 2.25. The zero-order valence-corrected chi connectivity index (χ0v) is 13.3. The van der Waals surface area contributed by atoms with Crippen LogP contribution in [0.25, 0.3) is 10.9 Å². The van der Waals surface area contributed by atoms with Crippen LogP contribution in [0.5, 0.6) is 0 Å². The lowest BCUT2D eigenvalue weighted by atomic mass is 10.0. The first-order chi connectivity index (χ1) is 9.65. The van der Waals surface area contributed by atoms with Crippen molar-refractivity contribution in [3.63, 3.8) is 0 Å². The molecule has 1 aromatic heterocycles. The van der Waals surface area contributed by atoms with Gasteiger partial charge in [0.1, 0.15) is 0 Å². The van der Waals surface area contributed by atoms with Crippen molar-refractivity contribution >= 4 is 10.9 Å². The van der Waals surface area contributed by atoms with Gasteiger partial charge < -0.3 is 9.88 Å². The molecule has 0 radical (unpaired) electrons. The Kier molecular flexibility index (Phi) is 5.24. The maximum absolute atomic E-state index is 3.52. The van der Waals surface area contributed by atoms with Crippen LogP contribution in [0.2, 0.25) is 0 Å². The van der Waals surface area contributed by atoms with Crippen molar-refractivity contribution in [2.75, 3.05) is 0 Å². The third-order valence-corrected chi connectivity index (χ3v) is 4.21. The largest absolute Gasteiger partial charge is 0.347 e. The second-order valence-electron chi connectivity index (χ2n) is 6.04. The number of nitrogens with one attached hydrogen (secondary N) is 1. The van der Waals surface area contributed by atoms with E-state index < -0.39 is 0 Å². The van der Waals surface area contributed by atoms with Crippen LogP contribution in [0, 0.1) is 5.92 Å². The third kappa shape index (κ3) is 3.43. The summed E-state index contributed by atoms with van der Waals surface area (Å²) in [5.74, 6) is 0.781. The summed E-state index contributed by atoms with van der Waals surface area (Å²) in [4.78, 5) is 0. The SMILES string of the molecule is CCC(CC)Cn1ccc2c(CNC(C)C)cccc21. The van der Waals surface area contributed by atoms with Crippen molar-refractivity contribution in [1.29, 1.82) is 0 Å². The zero-order valence-electron chi connectivity index (χ0n) is 13.3. The Morgan fingerprint density at radius 3 is 2.50 bits per heavy atom. The van der Waals surface area contributed by atoms with Crippen LogP contribution in [0.1, 0.15) is 46.1 Å². The van der Waals surface area contributed by atoms with Gasteiger partial charge in [0.05, 0.1) is 0 Å². The molecule has 110 valence electrons. The Morgan fingerprint density at radius 2 is 1.85 bits per heavy atom. The number of aromatic nitrogens is 1. The van der Waals surface area contributed by atoms with Crippen molar-refractivity contribution in [2.24, 2.45) is 5.92 Å². The Morgan fingerprint density at radius 1 is 1.10 bits per heavy atom. The molecule has 0 atom stereocenters. The molecule has 0 saturated carbocycles. The molecular formula is C18H28N2. The van der Waals surface area contributed by atoms with E-state index in [-0.39, 0.29) is 0 Å². The Hall–Kier alpha value is -1.28. The molecule has 20 heavy (non-hydrogen) atoms. The van der Waals surface area contributed by atoms with Crippen molar-refractivity contribution in [2.45, 2.75) is 59.7 Å². The summed E-state index contributed by atoms with van der Waals surface area (Å²) in [6, 6.07) is 9.46. The Bertz CT molecular complexity index is 535. The minimum absolute atomic E-state index is 0.525. The minimum atomic E-state index is 0.525. The maximum Gasteiger partial charge on any atom is 0.0483 e. The van der Waals surface area contributed by atoms with Crippen LogP contribution in [0.3, 0.4) is 0 Å². The fourth-order valence-corrected chi connectivity index (χ4v) is 2.74. The summed E-state index contributed by atoms with van der Waals surface area (Å²) in [5.41, 5.74) is 2.78. The first kappa shape index (κ1) is 15.1. The van der Waals surface area contributed by atoms with Gasteiger partial charge in [0.15, 0.2) is 0 Å². The molecule has 0 saturated heterocycles. The molecule has 2 nitrogen and oxygen atoms in total. The summed E-state index contributed by atoms with van der Waals surface area (Å²) >= 11 is 0. The van der Waals surface area contributed by atoms with Gasteiger partial charge in [-0.2, -0.15) is 0 Å². The van der Waals surface area contributed by atoms with Gasteiger partial charge in [-0.3, -0.25) is 0 Å². The van der Waals surface area contributed by atoms with Gasteiger partial charge in [0.25, 0.3) is 0 Å².